The molecule has 158 valence electrons. The highest BCUT2D eigenvalue weighted by molar-refractivity contribution is 6.74. The van der Waals surface area contributed by atoms with Crippen molar-refractivity contribution in [3.8, 4) is 0 Å². The number of alkyl carbamates (subject to hydrolysis) is 1. The summed E-state index contributed by atoms with van der Waals surface area (Å²) in [6.45, 7) is 19.7. The molecular formula is C19H37NO6Si. The summed E-state index contributed by atoms with van der Waals surface area (Å²) in [6.07, 6.45) is -1.13. The van der Waals surface area contributed by atoms with E-state index in [0.29, 0.717) is 6.29 Å². The van der Waals surface area contributed by atoms with Gasteiger partial charge in [-0.2, -0.15) is 0 Å². The van der Waals surface area contributed by atoms with Crippen molar-refractivity contribution in [3.63, 3.8) is 0 Å². The van der Waals surface area contributed by atoms with Crippen molar-refractivity contribution in [2.24, 2.45) is 0 Å². The van der Waals surface area contributed by atoms with Gasteiger partial charge >= 0.3 is 6.09 Å². The summed E-state index contributed by atoms with van der Waals surface area (Å²) in [5.41, 5.74) is -0.664. The summed E-state index contributed by atoms with van der Waals surface area (Å²) in [7, 11) is -2.25. The minimum atomic E-state index is -2.25. The van der Waals surface area contributed by atoms with Gasteiger partial charge in [0.15, 0.2) is 14.1 Å². The second-order valence-corrected chi connectivity index (χ2v) is 14.8. The van der Waals surface area contributed by atoms with Crippen LogP contribution in [0.5, 0.6) is 0 Å². The average molecular weight is 404 g/mol. The highest BCUT2D eigenvalue weighted by Gasteiger charge is 2.47. The lowest BCUT2D eigenvalue weighted by atomic mass is 10.1. The molecule has 1 amide bonds. The van der Waals surface area contributed by atoms with E-state index in [1.165, 1.54) is 0 Å². The van der Waals surface area contributed by atoms with Crippen LogP contribution in [-0.2, 0) is 23.4 Å². The number of nitrogens with one attached hydrogen (secondary N) is 1. The summed E-state index contributed by atoms with van der Waals surface area (Å²) in [6, 6.07) is -0.906. The third-order valence-corrected chi connectivity index (χ3v) is 9.29. The smallest absolute Gasteiger partial charge is 0.408 e. The summed E-state index contributed by atoms with van der Waals surface area (Å²) in [5, 5.41) is 2.56. The number of amides is 1. The maximum Gasteiger partial charge on any atom is 0.408 e. The Morgan fingerprint density at radius 3 is 2.15 bits per heavy atom. The fourth-order valence-corrected chi connectivity index (χ4v) is 3.74. The van der Waals surface area contributed by atoms with Crippen LogP contribution >= 0.6 is 0 Å². The van der Waals surface area contributed by atoms with Gasteiger partial charge in [0.2, 0.25) is 0 Å². The average Bonchev–Trinajstić information content (AvgIpc) is 2.79. The van der Waals surface area contributed by atoms with Crippen LogP contribution in [0.25, 0.3) is 0 Å². The van der Waals surface area contributed by atoms with Crippen molar-refractivity contribution in [2.75, 3.05) is 6.61 Å². The Kier molecular flexibility index (Phi) is 7.30. The molecule has 1 N–H and O–H groups in total. The van der Waals surface area contributed by atoms with E-state index in [4.69, 9.17) is 18.6 Å². The summed E-state index contributed by atoms with van der Waals surface area (Å²) in [5.74, 6) is -0.765. The fourth-order valence-electron chi connectivity index (χ4n) is 2.41. The second-order valence-electron chi connectivity index (χ2n) is 10.0. The molecule has 1 heterocycles. The molecule has 0 aromatic heterocycles. The van der Waals surface area contributed by atoms with Gasteiger partial charge in [0, 0.05) is 0 Å². The maximum absolute atomic E-state index is 12.2. The third-order valence-electron chi connectivity index (χ3n) is 4.82. The SMILES string of the molecule is CC(C)(C)OC(=O)N[C@@H](C=O)[C@H](O[Si](C)(C)C(C)(C)C)[C@H]1COC(C)(C)O1. The Hall–Kier alpha value is -0.963. The van der Waals surface area contributed by atoms with Gasteiger partial charge in [0.25, 0.3) is 0 Å². The minimum absolute atomic E-state index is 0.0699. The Labute approximate surface area is 164 Å². The van der Waals surface area contributed by atoms with Crippen LogP contribution in [0.4, 0.5) is 4.79 Å². The van der Waals surface area contributed by atoms with Crippen molar-refractivity contribution in [1.82, 2.24) is 5.32 Å². The van der Waals surface area contributed by atoms with Gasteiger partial charge in [-0.05, 0) is 52.8 Å². The van der Waals surface area contributed by atoms with Crippen molar-refractivity contribution in [1.29, 1.82) is 0 Å². The van der Waals surface area contributed by atoms with Crippen LogP contribution in [0.1, 0.15) is 55.4 Å². The Bertz CT molecular complexity index is 535. The largest absolute Gasteiger partial charge is 0.444 e. The van der Waals surface area contributed by atoms with Crippen molar-refractivity contribution in [3.05, 3.63) is 0 Å². The highest BCUT2D eigenvalue weighted by Crippen LogP contribution is 2.39. The number of carbonyl (C=O) groups excluding carboxylic acids is 2. The molecule has 1 fully saturated rings. The van der Waals surface area contributed by atoms with E-state index in [2.05, 4.69) is 39.2 Å². The Balaban J connectivity index is 3.07. The van der Waals surface area contributed by atoms with E-state index in [1.54, 1.807) is 20.8 Å². The summed E-state index contributed by atoms with van der Waals surface area (Å²) < 4.78 is 23.4. The predicted molar refractivity (Wildman–Crippen MR) is 106 cm³/mol. The van der Waals surface area contributed by atoms with Crippen LogP contribution in [0, 0.1) is 0 Å². The van der Waals surface area contributed by atoms with Gasteiger partial charge in [-0.15, -0.1) is 0 Å². The molecule has 0 spiro atoms. The lowest BCUT2D eigenvalue weighted by Crippen LogP contribution is -2.57. The molecule has 1 saturated heterocycles. The lowest BCUT2D eigenvalue weighted by Gasteiger charge is -2.42. The van der Waals surface area contributed by atoms with E-state index >= 15 is 0 Å². The summed E-state index contributed by atoms with van der Waals surface area (Å²) in [4.78, 5) is 24.1. The number of aldehydes is 1. The Morgan fingerprint density at radius 1 is 1.22 bits per heavy atom. The van der Waals surface area contributed by atoms with Crippen LogP contribution in [0.2, 0.25) is 18.1 Å². The third kappa shape index (κ3) is 7.17. The first kappa shape index (κ1) is 24.1. The van der Waals surface area contributed by atoms with Gasteiger partial charge in [0.05, 0.1) is 6.61 Å². The van der Waals surface area contributed by atoms with Gasteiger partial charge in [0.1, 0.15) is 30.1 Å². The molecule has 27 heavy (non-hydrogen) atoms. The van der Waals surface area contributed by atoms with Crippen molar-refractivity contribution < 1.29 is 28.2 Å². The summed E-state index contributed by atoms with van der Waals surface area (Å²) >= 11 is 0. The number of hydrogen-bond donors (Lipinski definition) is 1. The van der Waals surface area contributed by atoms with E-state index in [0.717, 1.165) is 0 Å². The molecule has 0 bridgehead atoms. The van der Waals surface area contributed by atoms with Gasteiger partial charge in [-0.25, -0.2) is 4.79 Å². The molecule has 0 unspecified atom stereocenters. The molecule has 8 heteroatoms. The predicted octanol–water partition coefficient (Wildman–Crippen LogP) is 3.62. The number of ether oxygens (including phenoxy) is 3. The molecule has 0 saturated carbocycles. The molecule has 0 radical (unpaired) electrons. The number of rotatable bonds is 6. The zero-order chi connectivity index (χ0) is 21.3. The molecule has 1 rings (SSSR count). The zero-order valence-electron chi connectivity index (χ0n) is 18.5. The van der Waals surface area contributed by atoms with Gasteiger partial charge in [-0.3, -0.25) is 0 Å². The van der Waals surface area contributed by atoms with Crippen LogP contribution < -0.4 is 5.32 Å². The van der Waals surface area contributed by atoms with E-state index < -0.39 is 44.0 Å². The van der Waals surface area contributed by atoms with E-state index in [-0.39, 0.29) is 11.6 Å². The lowest BCUT2D eigenvalue weighted by molar-refractivity contribution is -0.152. The van der Waals surface area contributed by atoms with E-state index in [1.807, 2.05) is 13.8 Å². The second kappa shape index (κ2) is 8.19. The first-order valence-electron chi connectivity index (χ1n) is 9.42. The quantitative estimate of drug-likeness (QED) is 0.539. The van der Waals surface area contributed by atoms with Crippen molar-refractivity contribution in [2.45, 2.75) is 103 Å². The molecular weight excluding hydrogens is 366 g/mol. The zero-order valence-corrected chi connectivity index (χ0v) is 19.5. The van der Waals surface area contributed by atoms with Crippen LogP contribution in [0.3, 0.4) is 0 Å². The fraction of sp³-hybridized carbons (Fsp3) is 0.895. The normalized spacial score (nSPS) is 22.8. The highest BCUT2D eigenvalue weighted by atomic mass is 28.4. The molecule has 7 nitrogen and oxygen atoms in total. The van der Waals surface area contributed by atoms with E-state index in [9.17, 15) is 9.59 Å². The maximum atomic E-state index is 12.2. The molecule has 1 aliphatic rings. The van der Waals surface area contributed by atoms with Gasteiger partial charge in [-0.1, -0.05) is 20.8 Å². The molecule has 1 aliphatic heterocycles. The standard InChI is InChI=1S/C19H37NO6Si/c1-17(2,3)25-16(22)20-13(11-21)15(14-12-23-19(7,8)24-14)26-27(9,10)18(4,5)6/h11,13-15H,12H2,1-10H3,(H,20,22)/t13-,14+,15-/m0/s1. The monoisotopic (exact) mass is 403 g/mol. The first-order chi connectivity index (χ1) is 12.0. The molecule has 0 aliphatic carbocycles. The van der Waals surface area contributed by atoms with Crippen LogP contribution in [0.15, 0.2) is 0 Å². The molecule has 3 atom stereocenters. The van der Waals surface area contributed by atoms with Crippen molar-refractivity contribution >= 4 is 20.7 Å². The first-order valence-corrected chi connectivity index (χ1v) is 12.3. The number of hydrogen-bond acceptors (Lipinski definition) is 6. The van der Waals surface area contributed by atoms with Crippen LogP contribution in [-0.4, -0.2) is 56.9 Å². The number of carbonyl (C=O) groups is 2. The molecule has 0 aromatic rings. The van der Waals surface area contributed by atoms with Gasteiger partial charge < -0.3 is 28.7 Å². The molecule has 0 aromatic carbocycles. The topological polar surface area (TPSA) is 83.1 Å². The Morgan fingerprint density at radius 2 is 1.78 bits per heavy atom. The minimum Gasteiger partial charge on any atom is -0.444 e.